The predicted octanol–water partition coefficient (Wildman–Crippen LogP) is 1.16. The van der Waals surface area contributed by atoms with Gasteiger partial charge in [0.1, 0.15) is 5.75 Å². The molecule has 0 aliphatic rings. The summed E-state index contributed by atoms with van der Waals surface area (Å²) in [6, 6.07) is 6.87. The highest BCUT2D eigenvalue weighted by Gasteiger charge is 2.11. The van der Waals surface area contributed by atoms with Crippen LogP contribution in [-0.2, 0) is 4.79 Å². The molecule has 3 nitrogen and oxygen atoms in total. The maximum Gasteiger partial charge on any atom is 0.118 e. The van der Waals surface area contributed by atoms with E-state index in [9.17, 15) is 9.90 Å². The van der Waals surface area contributed by atoms with Gasteiger partial charge in [-0.3, -0.25) is 0 Å². The van der Waals surface area contributed by atoms with Crippen molar-refractivity contribution in [2.45, 2.75) is 12.3 Å². The molecule has 4 heteroatoms. The molecule has 0 bridgehead atoms. The molecule has 0 aliphatic heterocycles. The molecule has 0 radical (unpaired) electrons. The van der Waals surface area contributed by atoms with Crippen LogP contribution in [0.4, 0.5) is 0 Å². The number of benzene rings is 1. The molecule has 0 saturated heterocycles. The number of hydrogen-bond donors (Lipinski definition) is 0. The van der Waals surface area contributed by atoms with Crippen LogP contribution in [0.25, 0.3) is 0 Å². The number of rotatable bonds is 5. The first-order valence-corrected chi connectivity index (χ1v) is 5.13. The number of alkyl halides is 1. The monoisotopic (exact) mass is 227 g/mol. The van der Waals surface area contributed by atoms with Gasteiger partial charge in [-0.05, 0) is 24.1 Å². The van der Waals surface area contributed by atoms with E-state index in [0.29, 0.717) is 23.6 Å². The van der Waals surface area contributed by atoms with E-state index in [1.807, 2.05) is 0 Å². The Labute approximate surface area is 93.6 Å². The summed E-state index contributed by atoms with van der Waals surface area (Å²) in [6.45, 7) is 0. The number of carbonyl (C=O) groups excluding carboxylic acids is 1. The lowest BCUT2D eigenvalue weighted by molar-refractivity contribution is -0.308. The molecular weight excluding hydrogens is 216 g/mol. The molecule has 1 aromatic rings. The van der Waals surface area contributed by atoms with Gasteiger partial charge in [0.25, 0.3) is 0 Å². The normalized spacial score (nSPS) is 12.1. The number of methoxy groups -OCH3 is 1. The molecule has 0 amide bonds. The second-order valence-corrected chi connectivity index (χ2v) is 3.50. The predicted molar refractivity (Wildman–Crippen MR) is 56.1 cm³/mol. The molecule has 0 N–H and O–H groups in total. The molecule has 0 fully saturated rings. The van der Waals surface area contributed by atoms with Gasteiger partial charge in [0.2, 0.25) is 0 Å². The molecule has 1 rings (SSSR count). The van der Waals surface area contributed by atoms with Gasteiger partial charge in [0.05, 0.1) is 7.11 Å². The van der Waals surface area contributed by atoms with E-state index in [1.54, 1.807) is 31.4 Å². The number of carbonyl (C=O) groups is 1. The van der Waals surface area contributed by atoms with Crippen molar-refractivity contribution in [3.05, 3.63) is 29.8 Å². The van der Waals surface area contributed by atoms with Gasteiger partial charge >= 0.3 is 0 Å². The van der Waals surface area contributed by atoms with Crippen molar-refractivity contribution >= 4 is 17.6 Å². The Balaban J connectivity index is 2.86. The molecule has 0 aliphatic carbocycles. The summed E-state index contributed by atoms with van der Waals surface area (Å²) in [5.41, 5.74) is 0.691. The Morgan fingerprint density at radius 3 is 2.47 bits per heavy atom. The van der Waals surface area contributed by atoms with Crippen LogP contribution in [-0.4, -0.2) is 19.0 Å². The first-order chi connectivity index (χ1) is 7.19. The molecule has 15 heavy (non-hydrogen) atoms. The minimum atomic E-state index is -1.10. The van der Waals surface area contributed by atoms with Crippen LogP contribution in [0, 0.1) is 0 Å². The third-order valence-electron chi connectivity index (χ3n) is 2.20. The van der Waals surface area contributed by atoms with Crippen LogP contribution in [0.1, 0.15) is 17.9 Å². The van der Waals surface area contributed by atoms with Crippen molar-refractivity contribution in [2.75, 3.05) is 13.0 Å². The average Bonchev–Trinajstić information content (AvgIpc) is 2.26. The highest BCUT2D eigenvalue weighted by Crippen LogP contribution is 2.22. The highest BCUT2D eigenvalue weighted by molar-refractivity contribution is 6.18. The van der Waals surface area contributed by atoms with Gasteiger partial charge in [0.15, 0.2) is 0 Å². The van der Waals surface area contributed by atoms with E-state index in [4.69, 9.17) is 16.3 Å². The molecule has 1 atom stereocenters. The van der Waals surface area contributed by atoms with Gasteiger partial charge in [0, 0.05) is 17.8 Å². The summed E-state index contributed by atoms with van der Waals surface area (Å²) in [4.78, 5) is 10.8. The fourth-order valence-corrected chi connectivity index (χ4v) is 1.58. The number of ether oxygens (including phenoxy) is 1. The fourth-order valence-electron chi connectivity index (χ4n) is 1.37. The maximum atomic E-state index is 10.8. The summed E-state index contributed by atoms with van der Waals surface area (Å²) < 4.78 is 4.98. The van der Waals surface area contributed by atoms with Crippen molar-refractivity contribution in [1.29, 1.82) is 0 Å². The standard InChI is InChI=1S/C11H13ClO3/c1-15-9-4-2-8(3-5-9)10(6-7-12)11(13)14/h2-5,10H,6-7H2,1H3,(H,13,14)/p-1. The number of carboxylic acids is 1. The molecule has 0 heterocycles. The second kappa shape index (κ2) is 5.61. The largest absolute Gasteiger partial charge is 0.549 e. The molecule has 0 saturated carbocycles. The lowest BCUT2D eigenvalue weighted by atomic mass is 9.97. The van der Waals surface area contributed by atoms with Crippen molar-refractivity contribution in [1.82, 2.24) is 0 Å². The minimum absolute atomic E-state index is 0.296. The van der Waals surface area contributed by atoms with Crippen LogP contribution in [0.5, 0.6) is 5.75 Å². The smallest absolute Gasteiger partial charge is 0.118 e. The van der Waals surface area contributed by atoms with Crippen molar-refractivity contribution in [2.24, 2.45) is 0 Å². The van der Waals surface area contributed by atoms with Gasteiger partial charge in [-0.2, -0.15) is 0 Å². The Bertz CT molecular complexity index is 321. The third kappa shape index (κ3) is 3.13. The minimum Gasteiger partial charge on any atom is -0.549 e. The number of carboxylic acid groups (broad SMARTS) is 1. The van der Waals surface area contributed by atoms with E-state index in [2.05, 4.69) is 0 Å². The van der Waals surface area contributed by atoms with Gasteiger partial charge in [-0.1, -0.05) is 12.1 Å². The van der Waals surface area contributed by atoms with E-state index >= 15 is 0 Å². The van der Waals surface area contributed by atoms with Crippen LogP contribution >= 0.6 is 11.6 Å². The second-order valence-electron chi connectivity index (χ2n) is 3.12. The Kier molecular flexibility index (Phi) is 4.43. The van der Waals surface area contributed by atoms with E-state index in [-0.39, 0.29) is 0 Å². The Morgan fingerprint density at radius 2 is 2.07 bits per heavy atom. The van der Waals surface area contributed by atoms with E-state index in [0.717, 1.165) is 0 Å². The zero-order valence-corrected chi connectivity index (χ0v) is 9.16. The van der Waals surface area contributed by atoms with E-state index in [1.165, 1.54) is 0 Å². The number of aliphatic carboxylic acids is 1. The van der Waals surface area contributed by atoms with Crippen molar-refractivity contribution in [3.8, 4) is 5.75 Å². The Morgan fingerprint density at radius 1 is 1.47 bits per heavy atom. The third-order valence-corrected chi connectivity index (χ3v) is 2.42. The number of halogens is 1. The fraction of sp³-hybridized carbons (Fsp3) is 0.364. The summed E-state index contributed by atoms with van der Waals surface area (Å²) >= 11 is 5.53. The van der Waals surface area contributed by atoms with Gasteiger partial charge < -0.3 is 14.6 Å². The summed E-state index contributed by atoms with van der Waals surface area (Å²) in [5, 5.41) is 10.8. The topological polar surface area (TPSA) is 49.4 Å². The van der Waals surface area contributed by atoms with E-state index < -0.39 is 11.9 Å². The molecular formula is C11H12ClO3-. The molecule has 0 spiro atoms. The summed E-state index contributed by atoms with van der Waals surface area (Å²) in [6.07, 6.45) is 0.371. The van der Waals surface area contributed by atoms with Crippen LogP contribution in [0.15, 0.2) is 24.3 Å². The van der Waals surface area contributed by atoms with Crippen LogP contribution in [0.3, 0.4) is 0 Å². The molecule has 82 valence electrons. The lowest BCUT2D eigenvalue weighted by Gasteiger charge is -2.17. The molecule has 1 aromatic carbocycles. The highest BCUT2D eigenvalue weighted by atomic mass is 35.5. The summed E-state index contributed by atoms with van der Waals surface area (Å²) in [7, 11) is 1.56. The first-order valence-electron chi connectivity index (χ1n) is 4.59. The van der Waals surface area contributed by atoms with Gasteiger partial charge in [-0.15, -0.1) is 11.6 Å². The van der Waals surface area contributed by atoms with Crippen molar-refractivity contribution < 1.29 is 14.6 Å². The quantitative estimate of drug-likeness (QED) is 0.710. The van der Waals surface area contributed by atoms with Gasteiger partial charge in [-0.25, -0.2) is 0 Å². The average molecular weight is 228 g/mol. The van der Waals surface area contributed by atoms with Crippen LogP contribution in [0.2, 0.25) is 0 Å². The lowest BCUT2D eigenvalue weighted by Crippen LogP contribution is -2.30. The SMILES string of the molecule is COc1ccc(C(CCCl)C(=O)[O-])cc1. The molecule has 1 unspecified atom stereocenters. The number of hydrogen-bond acceptors (Lipinski definition) is 3. The zero-order chi connectivity index (χ0) is 11.3. The zero-order valence-electron chi connectivity index (χ0n) is 8.40. The first kappa shape index (κ1) is 11.9. The summed E-state index contributed by atoms with van der Waals surface area (Å²) in [5.74, 6) is -0.749. The molecule has 0 aromatic heterocycles. The van der Waals surface area contributed by atoms with Crippen molar-refractivity contribution in [3.63, 3.8) is 0 Å². The van der Waals surface area contributed by atoms with Crippen LogP contribution < -0.4 is 9.84 Å². The Hall–Kier alpha value is -1.22. The maximum absolute atomic E-state index is 10.8.